The van der Waals surface area contributed by atoms with Crippen molar-refractivity contribution in [2.24, 2.45) is 0 Å². The standard InChI is InChI=1S/C14H10N2O2/c1-9-4-6-10(7-5-9)12-11-3-2-8-15-13(11)14(17)18-16-12/h2-8H,1H3. The van der Waals surface area contributed by atoms with E-state index in [2.05, 4.69) is 10.1 Å². The van der Waals surface area contributed by atoms with E-state index in [1.807, 2.05) is 37.3 Å². The fraction of sp³-hybridized carbons (Fsp3) is 0.0714. The average molecular weight is 238 g/mol. The highest BCUT2D eigenvalue weighted by Crippen LogP contribution is 2.23. The summed E-state index contributed by atoms with van der Waals surface area (Å²) in [5.74, 6) is 0. The molecule has 0 radical (unpaired) electrons. The van der Waals surface area contributed by atoms with Crippen molar-refractivity contribution in [2.75, 3.05) is 0 Å². The molecule has 0 N–H and O–H groups in total. The highest BCUT2D eigenvalue weighted by Gasteiger charge is 2.10. The molecule has 1 aromatic carbocycles. The number of pyridine rings is 1. The van der Waals surface area contributed by atoms with Gasteiger partial charge in [0.2, 0.25) is 0 Å². The number of hydrogen-bond acceptors (Lipinski definition) is 4. The van der Waals surface area contributed by atoms with Gasteiger partial charge >= 0.3 is 5.63 Å². The first-order valence-electron chi connectivity index (χ1n) is 5.57. The summed E-state index contributed by atoms with van der Waals surface area (Å²) in [7, 11) is 0. The number of rotatable bonds is 1. The SMILES string of the molecule is Cc1ccc(-c2noc(=O)c3ncccc23)cc1. The summed E-state index contributed by atoms with van der Waals surface area (Å²) in [5.41, 5.74) is 2.50. The molecule has 0 spiro atoms. The van der Waals surface area contributed by atoms with Gasteiger partial charge in [0.05, 0.1) is 0 Å². The molecule has 18 heavy (non-hydrogen) atoms. The molecule has 0 fully saturated rings. The van der Waals surface area contributed by atoms with Gasteiger partial charge in [-0.3, -0.25) is 0 Å². The Labute approximate surface area is 103 Å². The highest BCUT2D eigenvalue weighted by atomic mass is 16.5. The number of fused-ring (bicyclic) bond motifs is 1. The predicted molar refractivity (Wildman–Crippen MR) is 68.2 cm³/mol. The van der Waals surface area contributed by atoms with E-state index >= 15 is 0 Å². The topological polar surface area (TPSA) is 56.0 Å². The van der Waals surface area contributed by atoms with E-state index in [0.29, 0.717) is 16.6 Å². The summed E-state index contributed by atoms with van der Waals surface area (Å²) in [6.07, 6.45) is 1.57. The third-order valence-electron chi connectivity index (χ3n) is 2.80. The minimum absolute atomic E-state index is 0.308. The van der Waals surface area contributed by atoms with E-state index in [-0.39, 0.29) is 0 Å². The van der Waals surface area contributed by atoms with Gasteiger partial charge in [-0.1, -0.05) is 35.0 Å². The lowest BCUT2D eigenvalue weighted by molar-refractivity contribution is 0.379. The van der Waals surface area contributed by atoms with Crippen molar-refractivity contribution in [3.8, 4) is 11.3 Å². The molecule has 0 saturated carbocycles. The fourth-order valence-electron chi connectivity index (χ4n) is 1.86. The lowest BCUT2D eigenvalue weighted by Crippen LogP contribution is -2.04. The van der Waals surface area contributed by atoms with Crippen LogP contribution >= 0.6 is 0 Å². The Morgan fingerprint density at radius 2 is 1.89 bits per heavy atom. The van der Waals surface area contributed by atoms with E-state index in [4.69, 9.17) is 4.52 Å². The Morgan fingerprint density at radius 1 is 1.11 bits per heavy atom. The molecule has 0 aliphatic carbocycles. The van der Waals surface area contributed by atoms with Crippen molar-refractivity contribution >= 4 is 10.9 Å². The lowest BCUT2D eigenvalue weighted by Gasteiger charge is -2.03. The lowest BCUT2D eigenvalue weighted by atomic mass is 10.1. The number of aryl methyl sites for hydroxylation is 1. The largest absolute Gasteiger partial charge is 0.384 e. The van der Waals surface area contributed by atoms with Crippen molar-refractivity contribution in [1.29, 1.82) is 0 Å². The molecular weight excluding hydrogens is 228 g/mol. The molecular formula is C14H10N2O2. The summed E-state index contributed by atoms with van der Waals surface area (Å²) in [4.78, 5) is 15.6. The van der Waals surface area contributed by atoms with Crippen LogP contribution in [-0.4, -0.2) is 10.1 Å². The summed E-state index contributed by atoms with van der Waals surface area (Å²) in [6.45, 7) is 2.02. The second-order valence-corrected chi connectivity index (χ2v) is 4.08. The Hall–Kier alpha value is -2.49. The second kappa shape index (κ2) is 4.07. The smallest absolute Gasteiger partial charge is 0.310 e. The van der Waals surface area contributed by atoms with Crippen LogP contribution in [-0.2, 0) is 0 Å². The fourth-order valence-corrected chi connectivity index (χ4v) is 1.86. The maximum atomic E-state index is 11.5. The molecule has 0 atom stereocenters. The van der Waals surface area contributed by atoms with Crippen molar-refractivity contribution in [3.05, 3.63) is 58.6 Å². The molecule has 0 unspecified atom stereocenters. The van der Waals surface area contributed by atoms with Gasteiger partial charge in [0.1, 0.15) is 5.69 Å². The Bertz CT molecular complexity index is 761. The minimum Gasteiger partial charge on any atom is -0.310 e. The van der Waals surface area contributed by atoms with Crippen LogP contribution in [0.3, 0.4) is 0 Å². The van der Waals surface area contributed by atoms with Crippen LogP contribution < -0.4 is 5.63 Å². The average Bonchev–Trinajstić information content (AvgIpc) is 2.41. The normalized spacial score (nSPS) is 10.7. The third kappa shape index (κ3) is 1.68. The number of benzene rings is 1. The van der Waals surface area contributed by atoms with Gasteiger partial charge in [-0.05, 0) is 19.1 Å². The first-order chi connectivity index (χ1) is 8.75. The molecule has 0 bridgehead atoms. The molecule has 4 heteroatoms. The molecule has 0 saturated heterocycles. The second-order valence-electron chi connectivity index (χ2n) is 4.08. The molecule has 2 aromatic heterocycles. The van der Waals surface area contributed by atoms with E-state index < -0.39 is 5.63 Å². The van der Waals surface area contributed by atoms with Gasteiger partial charge in [-0.2, -0.15) is 0 Å². The maximum Gasteiger partial charge on any atom is 0.384 e. The molecule has 4 nitrogen and oxygen atoms in total. The first-order valence-corrected chi connectivity index (χ1v) is 5.57. The number of aromatic nitrogens is 2. The van der Waals surface area contributed by atoms with E-state index in [0.717, 1.165) is 5.56 Å². The van der Waals surface area contributed by atoms with E-state index in [1.165, 1.54) is 5.56 Å². The maximum absolute atomic E-state index is 11.5. The summed E-state index contributed by atoms with van der Waals surface area (Å²) >= 11 is 0. The molecule has 0 aliphatic heterocycles. The van der Waals surface area contributed by atoms with Crippen molar-refractivity contribution in [1.82, 2.24) is 10.1 Å². The molecule has 2 heterocycles. The van der Waals surface area contributed by atoms with Crippen LogP contribution in [0.25, 0.3) is 22.2 Å². The first kappa shape index (κ1) is 10.7. The molecule has 0 amide bonds. The van der Waals surface area contributed by atoms with Gasteiger partial charge in [0.25, 0.3) is 0 Å². The van der Waals surface area contributed by atoms with Gasteiger partial charge in [-0.25, -0.2) is 9.78 Å². The zero-order valence-electron chi connectivity index (χ0n) is 9.75. The minimum atomic E-state index is -0.513. The highest BCUT2D eigenvalue weighted by molar-refractivity contribution is 5.90. The number of hydrogen-bond donors (Lipinski definition) is 0. The summed E-state index contributed by atoms with van der Waals surface area (Å²) in [6, 6.07) is 11.5. The zero-order valence-corrected chi connectivity index (χ0v) is 9.75. The van der Waals surface area contributed by atoms with Crippen molar-refractivity contribution in [2.45, 2.75) is 6.92 Å². The van der Waals surface area contributed by atoms with Gasteiger partial charge in [0, 0.05) is 17.1 Å². The monoisotopic (exact) mass is 238 g/mol. The third-order valence-corrected chi connectivity index (χ3v) is 2.80. The van der Waals surface area contributed by atoms with Gasteiger partial charge in [0.15, 0.2) is 5.52 Å². The van der Waals surface area contributed by atoms with Crippen molar-refractivity contribution in [3.63, 3.8) is 0 Å². The molecule has 0 aliphatic rings. The quantitative estimate of drug-likeness (QED) is 0.653. The van der Waals surface area contributed by atoms with Crippen LogP contribution in [0.1, 0.15) is 5.56 Å². The van der Waals surface area contributed by atoms with Crippen LogP contribution in [0.5, 0.6) is 0 Å². The van der Waals surface area contributed by atoms with Crippen LogP contribution in [0.15, 0.2) is 51.9 Å². The molecule has 88 valence electrons. The molecule has 3 aromatic rings. The summed E-state index contributed by atoms with van der Waals surface area (Å²) < 4.78 is 4.79. The summed E-state index contributed by atoms with van der Waals surface area (Å²) in [5, 5.41) is 4.58. The van der Waals surface area contributed by atoms with Gasteiger partial charge < -0.3 is 4.52 Å². The Kier molecular flexibility index (Phi) is 2.41. The number of nitrogens with zero attached hydrogens (tertiary/aromatic N) is 2. The predicted octanol–water partition coefficient (Wildman–Crippen LogP) is 2.56. The Morgan fingerprint density at radius 3 is 2.67 bits per heavy atom. The van der Waals surface area contributed by atoms with Crippen LogP contribution in [0, 0.1) is 6.92 Å². The van der Waals surface area contributed by atoms with Gasteiger partial charge in [-0.15, -0.1) is 0 Å². The molecule has 3 rings (SSSR count). The van der Waals surface area contributed by atoms with E-state index in [9.17, 15) is 4.79 Å². The van der Waals surface area contributed by atoms with Crippen LogP contribution in [0.2, 0.25) is 0 Å². The van der Waals surface area contributed by atoms with E-state index in [1.54, 1.807) is 12.3 Å². The zero-order chi connectivity index (χ0) is 12.5. The van der Waals surface area contributed by atoms with Crippen molar-refractivity contribution < 1.29 is 4.52 Å². The van der Waals surface area contributed by atoms with Crippen LogP contribution in [0.4, 0.5) is 0 Å². The Balaban J connectivity index is 2.33.